The lowest BCUT2D eigenvalue weighted by molar-refractivity contribution is 0.109. The zero-order valence-corrected chi connectivity index (χ0v) is 7.71. The predicted molar refractivity (Wildman–Crippen MR) is 49.7 cm³/mol. The van der Waals surface area contributed by atoms with Gasteiger partial charge in [-0.3, -0.25) is 4.90 Å². The van der Waals surface area contributed by atoms with E-state index in [1.807, 2.05) is 6.08 Å². The second-order valence-electron chi connectivity index (χ2n) is 3.66. The summed E-state index contributed by atoms with van der Waals surface area (Å²) < 4.78 is 0. The molecule has 0 spiro atoms. The van der Waals surface area contributed by atoms with Gasteiger partial charge in [0.25, 0.3) is 0 Å². The topological polar surface area (TPSA) is 3.24 Å². The van der Waals surface area contributed by atoms with Crippen LogP contribution in [-0.2, 0) is 0 Å². The van der Waals surface area contributed by atoms with Crippen LogP contribution >= 0.6 is 0 Å². The van der Waals surface area contributed by atoms with E-state index in [1.54, 1.807) is 0 Å². The minimum absolute atomic E-state index is 0.679. The highest BCUT2D eigenvalue weighted by molar-refractivity contribution is 4.86. The Morgan fingerprint density at radius 2 is 2.18 bits per heavy atom. The van der Waals surface area contributed by atoms with Gasteiger partial charge in [-0.2, -0.15) is 0 Å². The molecule has 0 aliphatic heterocycles. The zero-order chi connectivity index (χ0) is 8.27. The van der Waals surface area contributed by atoms with E-state index < -0.39 is 0 Å². The van der Waals surface area contributed by atoms with E-state index >= 15 is 0 Å². The van der Waals surface area contributed by atoms with E-state index in [4.69, 9.17) is 0 Å². The highest BCUT2D eigenvalue weighted by atomic mass is 15.2. The van der Waals surface area contributed by atoms with Gasteiger partial charge in [0.05, 0.1) is 0 Å². The first-order valence-corrected chi connectivity index (χ1v) is 4.62. The van der Waals surface area contributed by atoms with Crippen LogP contribution in [0.1, 0.15) is 33.1 Å². The minimum atomic E-state index is 0.679. The summed E-state index contributed by atoms with van der Waals surface area (Å²) in [6.45, 7) is 9.37. The molecule has 0 amide bonds. The molecule has 1 heteroatoms. The van der Waals surface area contributed by atoms with Crippen molar-refractivity contribution in [1.29, 1.82) is 0 Å². The van der Waals surface area contributed by atoms with Crippen molar-refractivity contribution in [3.63, 3.8) is 0 Å². The van der Waals surface area contributed by atoms with Crippen LogP contribution in [0.5, 0.6) is 0 Å². The van der Waals surface area contributed by atoms with Crippen LogP contribution in [0, 0.1) is 0 Å². The SMILES string of the molecule is C=CCN(C(C)C)C1CCC1. The molecule has 0 heterocycles. The van der Waals surface area contributed by atoms with Crippen LogP contribution in [0.3, 0.4) is 0 Å². The molecule has 1 fully saturated rings. The Kier molecular flexibility index (Phi) is 3.13. The van der Waals surface area contributed by atoms with Crippen molar-refractivity contribution < 1.29 is 0 Å². The molecular weight excluding hydrogens is 134 g/mol. The summed E-state index contributed by atoms with van der Waals surface area (Å²) >= 11 is 0. The summed E-state index contributed by atoms with van der Waals surface area (Å²) in [5, 5.41) is 0. The third-order valence-electron chi connectivity index (χ3n) is 2.55. The van der Waals surface area contributed by atoms with E-state index in [0.717, 1.165) is 12.6 Å². The van der Waals surface area contributed by atoms with E-state index in [-0.39, 0.29) is 0 Å². The van der Waals surface area contributed by atoms with Gasteiger partial charge in [0.1, 0.15) is 0 Å². The molecule has 0 bridgehead atoms. The fourth-order valence-corrected chi connectivity index (χ4v) is 1.65. The van der Waals surface area contributed by atoms with Crippen LogP contribution in [0.25, 0.3) is 0 Å². The van der Waals surface area contributed by atoms with Gasteiger partial charge < -0.3 is 0 Å². The van der Waals surface area contributed by atoms with Gasteiger partial charge >= 0.3 is 0 Å². The van der Waals surface area contributed by atoms with Gasteiger partial charge in [0.2, 0.25) is 0 Å². The first-order valence-electron chi connectivity index (χ1n) is 4.62. The molecule has 0 aromatic rings. The van der Waals surface area contributed by atoms with Crippen LogP contribution in [0.2, 0.25) is 0 Å². The summed E-state index contributed by atoms with van der Waals surface area (Å²) in [5.74, 6) is 0. The van der Waals surface area contributed by atoms with E-state index in [9.17, 15) is 0 Å². The average molecular weight is 153 g/mol. The second kappa shape index (κ2) is 3.91. The Morgan fingerprint density at radius 3 is 2.45 bits per heavy atom. The Labute approximate surface area is 70.1 Å². The molecule has 11 heavy (non-hydrogen) atoms. The van der Waals surface area contributed by atoms with Crippen LogP contribution in [0.4, 0.5) is 0 Å². The van der Waals surface area contributed by atoms with Gasteiger partial charge in [-0.1, -0.05) is 12.5 Å². The smallest absolute Gasteiger partial charge is 0.0166 e. The maximum absolute atomic E-state index is 3.78. The molecule has 0 saturated heterocycles. The average Bonchev–Trinajstić information content (AvgIpc) is 1.82. The van der Waals surface area contributed by atoms with Crippen molar-refractivity contribution in [3.05, 3.63) is 12.7 Å². The van der Waals surface area contributed by atoms with Crippen molar-refractivity contribution >= 4 is 0 Å². The Morgan fingerprint density at radius 1 is 1.55 bits per heavy atom. The summed E-state index contributed by atoms with van der Waals surface area (Å²) in [6.07, 6.45) is 6.22. The molecule has 0 aromatic heterocycles. The molecule has 0 N–H and O–H groups in total. The van der Waals surface area contributed by atoms with Gasteiger partial charge in [-0.25, -0.2) is 0 Å². The molecule has 0 unspecified atom stereocenters. The summed E-state index contributed by atoms with van der Waals surface area (Å²) in [4.78, 5) is 2.54. The van der Waals surface area contributed by atoms with Gasteiger partial charge in [0, 0.05) is 18.6 Å². The maximum Gasteiger partial charge on any atom is 0.0166 e. The molecule has 1 nitrogen and oxygen atoms in total. The lowest BCUT2D eigenvalue weighted by atomic mass is 9.90. The van der Waals surface area contributed by atoms with Gasteiger partial charge in [0.15, 0.2) is 0 Å². The minimum Gasteiger partial charge on any atom is -0.294 e. The lowest BCUT2D eigenvalue weighted by Gasteiger charge is -2.39. The quantitative estimate of drug-likeness (QED) is 0.561. The molecule has 1 rings (SSSR count). The third kappa shape index (κ3) is 2.06. The van der Waals surface area contributed by atoms with E-state index in [1.165, 1.54) is 19.3 Å². The normalized spacial score (nSPS) is 18.9. The Balaban J connectivity index is 2.37. The monoisotopic (exact) mass is 153 g/mol. The molecule has 1 aliphatic rings. The first kappa shape index (κ1) is 8.79. The molecular formula is C10H19N. The molecule has 64 valence electrons. The lowest BCUT2D eigenvalue weighted by Crippen LogP contribution is -2.44. The first-order chi connectivity index (χ1) is 5.25. The number of rotatable bonds is 4. The van der Waals surface area contributed by atoms with Gasteiger partial charge in [-0.15, -0.1) is 6.58 Å². The van der Waals surface area contributed by atoms with Crippen LogP contribution in [-0.4, -0.2) is 23.5 Å². The largest absolute Gasteiger partial charge is 0.294 e. The molecule has 0 atom stereocenters. The van der Waals surface area contributed by atoms with Gasteiger partial charge in [-0.05, 0) is 26.7 Å². The highest BCUT2D eigenvalue weighted by Crippen LogP contribution is 2.25. The summed E-state index contributed by atoms with van der Waals surface area (Å²) in [6, 6.07) is 1.53. The van der Waals surface area contributed by atoms with Crippen molar-refractivity contribution in [2.24, 2.45) is 0 Å². The fourth-order valence-electron chi connectivity index (χ4n) is 1.65. The van der Waals surface area contributed by atoms with E-state index in [2.05, 4.69) is 25.3 Å². The molecule has 0 radical (unpaired) electrons. The summed E-state index contributed by atoms with van der Waals surface area (Å²) in [7, 11) is 0. The number of nitrogens with zero attached hydrogens (tertiary/aromatic N) is 1. The Hall–Kier alpha value is -0.300. The van der Waals surface area contributed by atoms with Crippen molar-refractivity contribution in [1.82, 2.24) is 4.90 Å². The van der Waals surface area contributed by atoms with Crippen molar-refractivity contribution in [3.8, 4) is 0 Å². The second-order valence-corrected chi connectivity index (χ2v) is 3.66. The highest BCUT2D eigenvalue weighted by Gasteiger charge is 2.25. The van der Waals surface area contributed by atoms with Crippen LogP contribution in [0.15, 0.2) is 12.7 Å². The third-order valence-corrected chi connectivity index (χ3v) is 2.55. The molecule has 1 saturated carbocycles. The number of hydrogen-bond donors (Lipinski definition) is 0. The zero-order valence-electron chi connectivity index (χ0n) is 7.71. The number of hydrogen-bond acceptors (Lipinski definition) is 1. The Bertz CT molecular complexity index is 125. The standard InChI is InChI=1S/C10H19N/c1-4-8-11(9(2)3)10-6-5-7-10/h4,9-10H,1,5-8H2,2-3H3. The van der Waals surface area contributed by atoms with E-state index in [0.29, 0.717) is 6.04 Å². The summed E-state index contributed by atoms with van der Waals surface area (Å²) in [5.41, 5.74) is 0. The fraction of sp³-hybridized carbons (Fsp3) is 0.800. The molecule has 0 aromatic carbocycles. The van der Waals surface area contributed by atoms with Crippen molar-refractivity contribution in [2.75, 3.05) is 6.54 Å². The predicted octanol–water partition coefficient (Wildman–Crippen LogP) is 2.44. The maximum atomic E-state index is 3.78. The molecule has 1 aliphatic carbocycles. The van der Waals surface area contributed by atoms with Crippen molar-refractivity contribution in [2.45, 2.75) is 45.2 Å². The van der Waals surface area contributed by atoms with Crippen LogP contribution < -0.4 is 0 Å².